The standard InChI is InChI=1S/C22H40O4/c1-3-5-7-9-14-18-25-20(23)22(16-12-11-13-17-22)21(24)26-19-15-10-8-6-4-2/h3-19H2,1-2H3. The van der Waals surface area contributed by atoms with Crippen molar-refractivity contribution in [3.8, 4) is 0 Å². The summed E-state index contributed by atoms with van der Waals surface area (Å²) in [6, 6.07) is 0. The van der Waals surface area contributed by atoms with Crippen LogP contribution in [0.5, 0.6) is 0 Å². The molecule has 0 aliphatic heterocycles. The largest absolute Gasteiger partial charge is 0.465 e. The minimum atomic E-state index is -1.04. The van der Waals surface area contributed by atoms with Gasteiger partial charge >= 0.3 is 11.9 Å². The summed E-state index contributed by atoms with van der Waals surface area (Å²) in [5.74, 6) is -0.688. The monoisotopic (exact) mass is 368 g/mol. The van der Waals surface area contributed by atoms with Crippen LogP contribution in [-0.4, -0.2) is 25.2 Å². The summed E-state index contributed by atoms with van der Waals surface area (Å²) in [5.41, 5.74) is -1.04. The molecule has 0 unspecified atom stereocenters. The molecule has 0 bridgehead atoms. The van der Waals surface area contributed by atoms with Gasteiger partial charge in [-0.05, 0) is 25.7 Å². The third-order valence-corrected chi connectivity index (χ3v) is 5.45. The maximum absolute atomic E-state index is 12.7. The zero-order valence-electron chi connectivity index (χ0n) is 17.2. The van der Waals surface area contributed by atoms with Crippen LogP contribution >= 0.6 is 0 Å². The summed E-state index contributed by atoms with van der Waals surface area (Å²) in [4.78, 5) is 25.4. The van der Waals surface area contributed by atoms with Gasteiger partial charge in [-0.15, -0.1) is 0 Å². The molecular weight excluding hydrogens is 328 g/mol. The number of esters is 2. The van der Waals surface area contributed by atoms with Crippen molar-refractivity contribution in [1.29, 1.82) is 0 Å². The molecule has 1 saturated carbocycles. The second kappa shape index (κ2) is 14.1. The van der Waals surface area contributed by atoms with Crippen LogP contribution in [-0.2, 0) is 19.1 Å². The lowest BCUT2D eigenvalue weighted by molar-refractivity contribution is -0.175. The molecule has 152 valence electrons. The Balaban J connectivity index is 2.41. The number of ether oxygens (including phenoxy) is 2. The first-order valence-corrected chi connectivity index (χ1v) is 11.0. The second-order valence-corrected chi connectivity index (χ2v) is 7.74. The van der Waals surface area contributed by atoms with Gasteiger partial charge < -0.3 is 9.47 Å². The number of hydrogen-bond acceptors (Lipinski definition) is 4. The smallest absolute Gasteiger partial charge is 0.323 e. The first kappa shape index (κ1) is 23.0. The fraction of sp³-hybridized carbons (Fsp3) is 0.909. The summed E-state index contributed by atoms with van der Waals surface area (Å²) < 4.78 is 11.0. The van der Waals surface area contributed by atoms with Crippen LogP contribution in [0.4, 0.5) is 0 Å². The van der Waals surface area contributed by atoms with Crippen molar-refractivity contribution < 1.29 is 19.1 Å². The first-order chi connectivity index (χ1) is 12.7. The van der Waals surface area contributed by atoms with Gasteiger partial charge in [0.25, 0.3) is 0 Å². The summed E-state index contributed by atoms with van der Waals surface area (Å²) >= 11 is 0. The van der Waals surface area contributed by atoms with E-state index < -0.39 is 5.41 Å². The average Bonchev–Trinajstić information content (AvgIpc) is 2.67. The highest BCUT2D eigenvalue weighted by molar-refractivity contribution is 6.00. The predicted octanol–water partition coefficient (Wildman–Crippen LogP) is 5.96. The molecule has 1 aliphatic carbocycles. The third-order valence-electron chi connectivity index (χ3n) is 5.45. The van der Waals surface area contributed by atoms with E-state index in [1.54, 1.807) is 0 Å². The Bertz CT molecular complexity index is 356. The Kier molecular flexibility index (Phi) is 12.4. The van der Waals surface area contributed by atoms with Crippen molar-refractivity contribution in [2.45, 2.75) is 110 Å². The Labute approximate surface area is 160 Å². The van der Waals surface area contributed by atoms with E-state index in [0.29, 0.717) is 26.1 Å². The fourth-order valence-electron chi connectivity index (χ4n) is 3.66. The molecule has 0 atom stereocenters. The van der Waals surface area contributed by atoms with Gasteiger partial charge in [0.05, 0.1) is 13.2 Å². The molecule has 0 spiro atoms. The number of carbonyl (C=O) groups is 2. The van der Waals surface area contributed by atoms with Crippen LogP contribution < -0.4 is 0 Å². The van der Waals surface area contributed by atoms with Gasteiger partial charge in [0.15, 0.2) is 5.41 Å². The molecule has 0 saturated heterocycles. The predicted molar refractivity (Wildman–Crippen MR) is 105 cm³/mol. The van der Waals surface area contributed by atoms with E-state index in [9.17, 15) is 9.59 Å². The van der Waals surface area contributed by atoms with Crippen molar-refractivity contribution in [2.75, 3.05) is 13.2 Å². The van der Waals surface area contributed by atoms with Gasteiger partial charge in [0.2, 0.25) is 0 Å². The second-order valence-electron chi connectivity index (χ2n) is 7.74. The van der Waals surface area contributed by atoms with Gasteiger partial charge in [0, 0.05) is 0 Å². The van der Waals surface area contributed by atoms with E-state index in [0.717, 1.165) is 44.9 Å². The first-order valence-electron chi connectivity index (χ1n) is 11.0. The molecule has 4 heteroatoms. The van der Waals surface area contributed by atoms with Crippen LogP contribution in [0.2, 0.25) is 0 Å². The molecule has 0 N–H and O–H groups in total. The van der Waals surface area contributed by atoms with Crippen LogP contribution in [0.15, 0.2) is 0 Å². The normalized spacial score (nSPS) is 16.2. The maximum Gasteiger partial charge on any atom is 0.323 e. The molecule has 1 aliphatic rings. The SMILES string of the molecule is CCCCCCCOC(=O)C1(C(=O)OCCCCCCC)CCCCC1. The Morgan fingerprint density at radius 2 is 1.08 bits per heavy atom. The van der Waals surface area contributed by atoms with Crippen molar-refractivity contribution in [3.63, 3.8) is 0 Å². The summed E-state index contributed by atoms with van der Waals surface area (Å²) in [6.07, 6.45) is 15.2. The summed E-state index contributed by atoms with van der Waals surface area (Å²) in [7, 11) is 0. The van der Waals surface area contributed by atoms with E-state index in [-0.39, 0.29) is 11.9 Å². The van der Waals surface area contributed by atoms with Crippen molar-refractivity contribution in [3.05, 3.63) is 0 Å². The molecule has 0 radical (unpaired) electrons. The number of carbonyl (C=O) groups excluding carboxylic acids is 2. The molecule has 0 heterocycles. The lowest BCUT2D eigenvalue weighted by Crippen LogP contribution is -2.43. The van der Waals surface area contributed by atoms with Gasteiger partial charge in [0.1, 0.15) is 0 Å². The Hall–Kier alpha value is -1.06. The molecule has 26 heavy (non-hydrogen) atoms. The zero-order chi connectivity index (χ0) is 19.1. The van der Waals surface area contributed by atoms with E-state index in [1.165, 1.54) is 38.5 Å². The van der Waals surface area contributed by atoms with E-state index in [1.807, 2.05) is 0 Å². The fourth-order valence-corrected chi connectivity index (χ4v) is 3.66. The summed E-state index contributed by atoms with van der Waals surface area (Å²) in [6.45, 7) is 5.22. The van der Waals surface area contributed by atoms with Crippen molar-refractivity contribution in [2.24, 2.45) is 5.41 Å². The molecule has 1 fully saturated rings. The maximum atomic E-state index is 12.7. The molecule has 1 rings (SSSR count). The number of hydrogen-bond donors (Lipinski definition) is 0. The molecule has 0 amide bonds. The zero-order valence-corrected chi connectivity index (χ0v) is 17.2. The molecule has 0 aromatic heterocycles. The van der Waals surface area contributed by atoms with E-state index >= 15 is 0 Å². The van der Waals surface area contributed by atoms with Crippen molar-refractivity contribution in [1.82, 2.24) is 0 Å². The highest BCUT2D eigenvalue weighted by atomic mass is 16.6. The van der Waals surface area contributed by atoms with Crippen LogP contribution in [0.3, 0.4) is 0 Å². The van der Waals surface area contributed by atoms with Gasteiger partial charge in [-0.3, -0.25) is 9.59 Å². The number of unbranched alkanes of at least 4 members (excludes halogenated alkanes) is 8. The van der Waals surface area contributed by atoms with Gasteiger partial charge in [-0.1, -0.05) is 84.5 Å². The van der Waals surface area contributed by atoms with E-state index in [4.69, 9.17) is 9.47 Å². The molecule has 4 nitrogen and oxygen atoms in total. The lowest BCUT2D eigenvalue weighted by Gasteiger charge is -2.32. The topological polar surface area (TPSA) is 52.6 Å². The Morgan fingerprint density at radius 3 is 1.50 bits per heavy atom. The summed E-state index contributed by atoms with van der Waals surface area (Å²) in [5, 5.41) is 0. The highest BCUT2D eigenvalue weighted by Gasteiger charge is 2.49. The van der Waals surface area contributed by atoms with Gasteiger partial charge in [-0.2, -0.15) is 0 Å². The number of rotatable bonds is 14. The minimum Gasteiger partial charge on any atom is -0.465 e. The molecule has 0 aromatic rings. The van der Waals surface area contributed by atoms with Gasteiger partial charge in [-0.25, -0.2) is 0 Å². The quantitative estimate of drug-likeness (QED) is 0.215. The van der Waals surface area contributed by atoms with Crippen LogP contribution in [0.1, 0.15) is 110 Å². The highest BCUT2D eigenvalue weighted by Crippen LogP contribution is 2.39. The molecular formula is C22H40O4. The van der Waals surface area contributed by atoms with Crippen LogP contribution in [0, 0.1) is 5.41 Å². The molecule has 0 aromatic carbocycles. The van der Waals surface area contributed by atoms with Crippen LogP contribution in [0.25, 0.3) is 0 Å². The van der Waals surface area contributed by atoms with E-state index in [2.05, 4.69) is 13.8 Å². The lowest BCUT2D eigenvalue weighted by atomic mass is 9.74. The third kappa shape index (κ3) is 8.09. The van der Waals surface area contributed by atoms with Crippen molar-refractivity contribution >= 4 is 11.9 Å². The Morgan fingerprint density at radius 1 is 0.654 bits per heavy atom. The average molecular weight is 369 g/mol. The minimum absolute atomic E-state index is 0.344.